The summed E-state index contributed by atoms with van der Waals surface area (Å²) in [7, 11) is 0. The maximum absolute atomic E-state index is 5.35. The van der Waals surface area contributed by atoms with Crippen LogP contribution in [0.25, 0.3) is 0 Å². The number of nitrogens with one attached hydrogen (secondary N) is 1. The lowest BCUT2D eigenvalue weighted by Gasteiger charge is -2.34. The van der Waals surface area contributed by atoms with Gasteiger partial charge in [-0.05, 0) is 30.9 Å². The zero-order chi connectivity index (χ0) is 12.4. The summed E-state index contributed by atoms with van der Waals surface area (Å²) < 4.78 is 5.35. The normalized spacial score (nSPS) is 27.7. The van der Waals surface area contributed by atoms with Gasteiger partial charge in [0.15, 0.2) is 0 Å². The molecule has 4 nitrogen and oxygen atoms in total. The van der Waals surface area contributed by atoms with Crippen LogP contribution in [0.2, 0.25) is 0 Å². The van der Waals surface area contributed by atoms with Crippen molar-refractivity contribution in [3.05, 3.63) is 18.3 Å². The van der Waals surface area contributed by atoms with Crippen molar-refractivity contribution >= 4 is 11.5 Å². The van der Waals surface area contributed by atoms with E-state index in [2.05, 4.69) is 34.3 Å². The lowest BCUT2D eigenvalue weighted by Crippen LogP contribution is -2.36. The molecular formula is C14H21N3O. The summed E-state index contributed by atoms with van der Waals surface area (Å²) in [5.74, 6) is 1.94. The molecule has 0 bridgehead atoms. The first-order chi connectivity index (χ1) is 8.81. The third-order valence-corrected chi connectivity index (χ3v) is 3.83. The molecule has 0 unspecified atom stereocenters. The smallest absolute Gasteiger partial charge is 0.128 e. The molecule has 2 fully saturated rings. The van der Waals surface area contributed by atoms with Gasteiger partial charge in [0.2, 0.25) is 0 Å². The van der Waals surface area contributed by atoms with Crippen LogP contribution < -0.4 is 10.2 Å². The highest BCUT2D eigenvalue weighted by molar-refractivity contribution is 5.49. The maximum Gasteiger partial charge on any atom is 0.128 e. The second-order valence-corrected chi connectivity index (χ2v) is 5.42. The van der Waals surface area contributed by atoms with Gasteiger partial charge >= 0.3 is 0 Å². The van der Waals surface area contributed by atoms with Gasteiger partial charge in [-0.3, -0.25) is 0 Å². The summed E-state index contributed by atoms with van der Waals surface area (Å²) in [6.07, 6.45) is 4.52. The van der Waals surface area contributed by atoms with Gasteiger partial charge in [-0.2, -0.15) is 0 Å². The Morgan fingerprint density at radius 1 is 1.28 bits per heavy atom. The van der Waals surface area contributed by atoms with Crippen molar-refractivity contribution in [3.63, 3.8) is 0 Å². The van der Waals surface area contributed by atoms with E-state index in [-0.39, 0.29) is 0 Å². The van der Waals surface area contributed by atoms with Gasteiger partial charge < -0.3 is 15.0 Å². The maximum atomic E-state index is 5.35. The number of hydrogen-bond donors (Lipinski definition) is 1. The fourth-order valence-electron chi connectivity index (χ4n) is 2.71. The molecule has 0 spiro atoms. The van der Waals surface area contributed by atoms with Gasteiger partial charge in [0.25, 0.3) is 0 Å². The van der Waals surface area contributed by atoms with Crippen molar-refractivity contribution in [2.24, 2.45) is 5.92 Å². The molecule has 1 aliphatic heterocycles. The van der Waals surface area contributed by atoms with Crippen LogP contribution in [0.5, 0.6) is 0 Å². The molecule has 1 aliphatic carbocycles. The van der Waals surface area contributed by atoms with Crippen LogP contribution in [0.15, 0.2) is 18.3 Å². The van der Waals surface area contributed by atoms with Crippen molar-refractivity contribution in [1.29, 1.82) is 0 Å². The number of nitrogens with zero attached hydrogens (tertiary/aromatic N) is 2. The molecule has 2 heterocycles. The molecule has 0 amide bonds. The van der Waals surface area contributed by atoms with Gasteiger partial charge in [-0.15, -0.1) is 0 Å². The van der Waals surface area contributed by atoms with E-state index >= 15 is 0 Å². The van der Waals surface area contributed by atoms with Gasteiger partial charge in [0.1, 0.15) is 5.82 Å². The first-order valence-corrected chi connectivity index (χ1v) is 6.86. The quantitative estimate of drug-likeness (QED) is 0.888. The van der Waals surface area contributed by atoms with Crippen molar-refractivity contribution in [1.82, 2.24) is 4.98 Å². The molecule has 4 heteroatoms. The number of aromatic nitrogens is 1. The number of pyridine rings is 1. The van der Waals surface area contributed by atoms with E-state index in [0.717, 1.165) is 43.7 Å². The highest BCUT2D eigenvalue weighted by Gasteiger charge is 2.24. The molecule has 1 aromatic heterocycles. The minimum atomic E-state index is 0.649. The van der Waals surface area contributed by atoms with E-state index in [1.165, 1.54) is 12.8 Å². The number of ether oxygens (including phenoxy) is 1. The third-order valence-electron chi connectivity index (χ3n) is 3.83. The number of anilines is 2. The van der Waals surface area contributed by atoms with Crippen molar-refractivity contribution in [2.45, 2.75) is 25.8 Å². The molecule has 98 valence electrons. The zero-order valence-corrected chi connectivity index (χ0v) is 10.9. The number of morpholine rings is 1. The Kier molecular flexibility index (Phi) is 3.37. The molecule has 2 aliphatic rings. The van der Waals surface area contributed by atoms with Crippen LogP contribution in [0.1, 0.15) is 19.8 Å². The molecule has 0 radical (unpaired) electrons. The molecule has 18 heavy (non-hydrogen) atoms. The Hall–Kier alpha value is -1.29. The number of rotatable bonds is 3. The van der Waals surface area contributed by atoms with Gasteiger partial charge in [0.05, 0.1) is 25.1 Å². The van der Waals surface area contributed by atoms with Crippen molar-refractivity contribution in [3.8, 4) is 0 Å². The Morgan fingerprint density at radius 2 is 2.06 bits per heavy atom. The first kappa shape index (κ1) is 11.8. The van der Waals surface area contributed by atoms with Crippen LogP contribution in [-0.4, -0.2) is 37.3 Å². The van der Waals surface area contributed by atoms with E-state index in [1.807, 2.05) is 6.20 Å². The second-order valence-electron chi connectivity index (χ2n) is 5.42. The fourth-order valence-corrected chi connectivity index (χ4v) is 2.71. The van der Waals surface area contributed by atoms with Crippen LogP contribution in [0.4, 0.5) is 11.5 Å². The average molecular weight is 247 g/mol. The molecule has 0 atom stereocenters. The highest BCUT2D eigenvalue weighted by Crippen LogP contribution is 2.29. The van der Waals surface area contributed by atoms with Gasteiger partial charge in [0, 0.05) is 19.1 Å². The highest BCUT2D eigenvalue weighted by atomic mass is 16.5. The molecule has 1 saturated carbocycles. The average Bonchev–Trinajstić information content (AvgIpc) is 2.39. The van der Waals surface area contributed by atoms with Crippen LogP contribution in [0, 0.1) is 5.92 Å². The Balaban J connectivity index is 1.58. The van der Waals surface area contributed by atoms with Gasteiger partial charge in [-0.1, -0.05) is 6.92 Å². The molecule has 1 aromatic rings. The van der Waals surface area contributed by atoms with Crippen LogP contribution in [-0.2, 0) is 4.74 Å². The lowest BCUT2D eigenvalue weighted by molar-refractivity contribution is 0.122. The predicted molar refractivity (Wildman–Crippen MR) is 73.1 cm³/mol. The standard InChI is InChI=1S/C14H21N3O/c1-11-8-13(9-11)16-12-2-3-14(15-10-12)17-4-6-18-7-5-17/h2-3,10-11,13,16H,4-9H2,1H3. The molecule has 3 rings (SSSR count). The minimum Gasteiger partial charge on any atom is -0.381 e. The molecule has 0 aromatic carbocycles. The van der Waals surface area contributed by atoms with Crippen LogP contribution >= 0.6 is 0 Å². The summed E-state index contributed by atoms with van der Waals surface area (Å²) in [5.41, 5.74) is 1.14. The van der Waals surface area contributed by atoms with E-state index in [9.17, 15) is 0 Å². The van der Waals surface area contributed by atoms with Crippen LogP contribution in [0.3, 0.4) is 0 Å². The minimum absolute atomic E-state index is 0.649. The summed E-state index contributed by atoms with van der Waals surface area (Å²) in [5, 5.41) is 3.53. The SMILES string of the molecule is CC1CC(Nc2ccc(N3CCOCC3)nc2)C1. The van der Waals surface area contributed by atoms with Crippen molar-refractivity contribution in [2.75, 3.05) is 36.5 Å². The Morgan fingerprint density at radius 3 is 2.67 bits per heavy atom. The fraction of sp³-hybridized carbons (Fsp3) is 0.643. The zero-order valence-electron chi connectivity index (χ0n) is 10.9. The summed E-state index contributed by atoms with van der Waals surface area (Å²) in [6.45, 7) is 5.81. The summed E-state index contributed by atoms with van der Waals surface area (Å²) in [4.78, 5) is 6.82. The van der Waals surface area contributed by atoms with E-state index in [1.54, 1.807) is 0 Å². The Bertz CT molecular complexity index is 381. The third kappa shape index (κ3) is 2.58. The number of hydrogen-bond acceptors (Lipinski definition) is 4. The summed E-state index contributed by atoms with van der Waals surface area (Å²) in [6, 6.07) is 4.90. The van der Waals surface area contributed by atoms with E-state index in [0.29, 0.717) is 6.04 Å². The van der Waals surface area contributed by atoms with Crippen molar-refractivity contribution < 1.29 is 4.74 Å². The second kappa shape index (κ2) is 5.14. The first-order valence-electron chi connectivity index (χ1n) is 6.86. The monoisotopic (exact) mass is 247 g/mol. The largest absolute Gasteiger partial charge is 0.381 e. The Labute approximate surface area is 108 Å². The summed E-state index contributed by atoms with van der Waals surface area (Å²) >= 11 is 0. The molecule has 1 saturated heterocycles. The van der Waals surface area contributed by atoms with Gasteiger partial charge in [-0.25, -0.2) is 4.98 Å². The molecular weight excluding hydrogens is 226 g/mol. The molecule has 1 N–H and O–H groups in total. The van der Waals surface area contributed by atoms with E-state index < -0.39 is 0 Å². The van der Waals surface area contributed by atoms with E-state index in [4.69, 9.17) is 4.74 Å². The topological polar surface area (TPSA) is 37.4 Å². The lowest BCUT2D eigenvalue weighted by atomic mass is 9.82. The predicted octanol–water partition coefficient (Wildman–Crippen LogP) is 2.13.